The van der Waals surface area contributed by atoms with Crippen LogP contribution in [0, 0.1) is 5.92 Å². The Labute approximate surface area is 116 Å². The van der Waals surface area contributed by atoms with Crippen molar-refractivity contribution in [3.63, 3.8) is 0 Å². The summed E-state index contributed by atoms with van der Waals surface area (Å²) in [5, 5.41) is 0.134. The summed E-state index contributed by atoms with van der Waals surface area (Å²) in [6.07, 6.45) is 11.0. The molecule has 18 heavy (non-hydrogen) atoms. The average Bonchev–Trinajstić information content (AvgIpc) is 3.23. The molecule has 0 aromatic carbocycles. The van der Waals surface area contributed by atoms with Crippen molar-refractivity contribution in [2.45, 2.75) is 76.1 Å². The first-order valence-electron chi connectivity index (χ1n) is 7.52. The van der Waals surface area contributed by atoms with Gasteiger partial charge in [-0.1, -0.05) is 13.3 Å². The minimum atomic E-state index is 0.134. The fraction of sp³-hybridized carbons (Fsp3) is 0.933. The SMILES string of the molecule is CCC1CCC(N(C(=O)C(C)SC)C2CC2)CC1. The summed E-state index contributed by atoms with van der Waals surface area (Å²) in [5.74, 6) is 1.31. The summed E-state index contributed by atoms with van der Waals surface area (Å²) >= 11 is 1.68. The van der Waals surface area contributed by atoms with Gasteiger partial charge in [0, 0.05) is 12.1 Å². The van der Waals surface area contributed by atoms with E-state index in [4.69, 9.17) is 0 Å². The van der Waals surface area contributed by atoms with E-state index in [1.165, 1.54) is 44.9 Å². The van der Waals surface area contributed by atoms with Crippen molar-refractivity contribution >= 4 is 17.7 Å². The topological polar surface area (TPSA) is 20.3 Å². The van der Waals surface area contributed by atoms with E-state index in [0.717, 1.165) is 5.92 Å². The van der Waals surface area contributed by atoms with Gasteiger partial charge in [-0.15, -0.1) is 0 Å². The predicted octanol–water partition coefficient (Wildman–Crippen LogP) is 3.70. The van der Waals surface area contributed by atoms with Gasteiger partial charge in [-0.25, -0.2) is 0 Å². The average molecular weight is 269 g/mol. The molecule has 2 rings (SSSR count). The molecule has 1 amide bonds. The first kappa shape index (κ1) is 14.2. The lowest BCUT2D eigenvalue weighted by Crippen LogP contribution is -2.46. The van der Waals surface area contributed by atoms with E-state index in [2.05, 4.69) is 18.7 Å². The zero-order valence-corrected chi connectivity index (χ0v) is 12.8. The molecule has 0 radical (unpaired) electrons. The summed E-state index contributed by atoms with van der Waals surface area (Å²) in [7, 11) is 0. The molecule has 2 aliphatic rings. The molecule has 0 saturated heterocycles. The largest absolute Gasteiger partial charge is 0.336 e. The van der Waals surface area contributed by atoms with Crippen molar-refractivity contribution < 1.29 is 4.79 Å². The zero-order valence-electron chi connectivity index (χ0n) is 12.0. The molecule has 0 bridgehead atoms. The predicted molar refractivity (Wildman–Crippen MR) is 78.9 cm³/mol. The van der Waals surface area contributed by atoms with E-state index in [9.17, 15) is 4.79 Å². The Hall–Kier alpha value is -0.180. The van der Waals surface area contributed by atoms with Crippen molar-refractivity contribution in [1.29, 1.82) is 0 Å². The summed E-state index contributed by atoms with van der Waals surface area (Å²) in [5.41, 5.74) is 0. The number of hydrogen-bond acceptors (Lipinski definition) is 2. The number of thioether (sulfide) groups is 1. The quantitative estimate of drug-likeness (QED) is 0.758. The normalized spacial score (nSPS) is 29.9. The van der Waals surface area contributed by atoms with E-state index < -0.39 is 0 Å². The second kappa shape index (κ2) is 6.31. The fourth-order valence-electron chi connectivity index (χ4n) is 3.15. The highest BCUT2D eigenvalue weighted by molar-refractivity contribution is 7.99. The van der Waals surface area contributed by atoms with Crippen LogP contribution in [0.1, 0.15) is 58.8 Å². The molecule has 0 spiro atoms. The Morgan fingerprint density at radius 3 is 2.06 bits per heavy atom. The van der Waals surface area contributed by atoms with Crippen LogP contribution >= 0.6 is 11.8 Å². The van der Waals surface area contributed by atoms with Crippen LogP contribution < -0.4 is 0 Å². The van der Waals surface area contributed by atoms with Gasteiger partial charge in [0.05, 0.1) is 5.25 Å². The van der Waals surface area contributed by atoms with Gasteiger partial charge in [-0.05, 0) is 57.6 Å². The minimum absolute atomic E-state index is 0.134. The molecule has 3 heteroatoms. The third-order valence-electron chi connectivity index (χ3n) is 4.68. The molecule has 0 N–H and O–H groups in total. The monoisotopic (exact) mass is 269 g/mol. The van der Waals surface area contributed by atoms with Crippen LogP contribution in [0.2, 0.25) is 0 Å². The van der Waals surface area contributed by atoms with Crippen LogP contribution in [0.15, 0.2) is 0 Å². The van der Waals surface area contributed by atoms with Gasteiger partial charge in [-0.2, -0.15) is 11.8 Å². The standard InChI is InChI=1S/C15H27NOS/c1-4-12-5-7-13(8-6-12)16(14-9-10-14)15(17)11(2)18-3/h11-14H,4-10H2,1-3H3. The zero-order chi connectivity index (χ0) is 13.1. The smallest absolute Gasteiger partial charge is 0.235 e. The van der Waals surface area contributed by atoms with Crippen molar-refractivity contribution in [3.8, 4) is 0 Å². The van der Waals surface area contributed by atoms with Crippen molar-refractivity contribution in [3.05, 3.63) is 0 Å². The maximum absolute atomic E-state index is 12.5. The highest BCUT2D eigenvalue weighted by Crippen LogP contribution is 2.37. The molecule has 0 heterocycles. The van der Waals surface area contributed by atoms with Crippen LogP contribution in [-0.2, 0) is 4.79 Å². The molecular weight excluding hydrogens is 242 g/mol. The van der Waals surface area contributed by atoms with Crippen molar-refractivity contribution in [2.75, 3.05) is 6.26 Å². The second-order valence-corrected chi connectivity index (χ2v) is 7.12. The number of amides is 1. The Balaban J connectivity index is 1.96. The number of carbonyl (C=O) groups is 1. The van der Waals surface area contributed by atoms with E-state index in [-0.39, 0.29) is 5.25 Å². The maximum atomic E-state index is 12.5. The summed E-state index contributed by atoms with van der Waals surface area (Å²) in [6.45, 7) is 4.35. The molecule has 2 aliphatic carbocycles. The Kier molecular flexibility index (Phi) is 4.99. The van der Waals surface area contributed by atoms with Crippen molar-refractivity contribution in [2.24, 2.45) is 5.92 Å². The number of rotatable bonds is 5. The number of nitrogens with zero attached hydrogens (tertiary/aromatic N) is 1. The van der Waals surface area contributed by atoms with Gasteiger partial charge >= 0.3 is 0 Å². The van der Waals surface area contributed by atoms with Crippen LogP contribution in [0.25, 0.3) is 0 Å². The molecule has 0 aromatic rings. The molecular formula is C15H27NOS. The van der Waals surface area contributed by atoms with E-state index in [1.54, 1.807) is 11.8 Å². The van der Waals surface area contributed by atoms with Crippen LogP contribution in [0.5, 0.6) is 0 Å². The molecule has 0 aliphatic heterocycles. The highest BCUT2D eigenvalue weighted by atomic mass is 32.2. The lowest BCUT2D eigenvalue weighted by Gasteiger charge is -2.38. The van der Waals surface area contributed by atoms with E-state index in [1.807, 2.05) is 6.26 Å². The molecule has 2 fully saturated rings. The first-order valence-corrected chi connectivity index (χ1v) is 8.81. The lowest BCUT2D eigenvalue weighted by molar-refractivity contribution is -0.134. The Morgan fingerprint density at radius 1 is 1.17 bits per heavy atom. The highest BCUT2D eigenvalue weighted by Gasteiger charge is 2.39. The molecule has 2 nitrogen and oxygen atoms in total. The summed E-state index contributed by atoms with van der Waals surface area (Å²) < 4.78 is 0. The van der Waals surface area contributed by atoms with Gasteiger partial charge in [0.25, 0.3) is 0 Å². The van der Waals surface area contributed by atoms with Gasteiger partial charge in [0.1, 0.15) is 0 Å². The molecule has 1 atom stereocenters. The van der Waals surface area contributed by atoms with Gasteiger partial charge in [0.2, 0.25) is 5.91 Å². The van der Waals surface area contributed by atoms with E-state index in [0.29, 0.717) is 18.0 Å². The van der Waals surface area contributed by atoms with Crippen LogP contribution in [0.3, 0.4) is 0 Å². The molecule has 2 saturated carbocycles. The maximum Gasteiger partial charge on any atom is 0.235 e. The fourth-order valence-corrected chi connectivity index (χ4v) is 3.48. The second-order valence-electron chi connectivity index (χ2n) is 5.94. The van der Waals surface area contributed by atoms with Crippen molar-refractivity contribution in [1.82, 2.24) is 4.90 Å². The van der Waals surface area contributed by atoms with Crippen LogP contribution in [-0.4, -0.2) is 34.4 Å². The number of carbonyl (C=O) groups excluding carboxylic acids is 1. The summed E-state index contributed by atoms with van der Waals surface area (Å²) in [4.78, 5) is 14.8. The molecule has 0 aromatic heterocycles. The minimum Gasteiger partial charge on any atom is -0.336 e. The Bertz CT molecular complexity index is 282. The van der Waals surface area contributed by atoms with Gasteiger partial charge in [-0.3, -0.25) is 4.79 Å². The first-order chi connectivity index (χ1) is 8.67. The summed E-state index contributed by atoms with van der Waals surface area (Å²) in [6, 6.07) is 1.12. The molecule has 1 unspecified atom stereocenters. The molecule has 104 valence electrons. The Morgan fingerprint density at radius 2 is 1.67 bits per heavy atom. The lowest BCUT2D eigenvalue weighted by atomic mass is 9.83. The van der Waals surface area contributed by atoms with Gasteiger partial charge in [0.15, 0.2) is 0 Å². The van der Waals surface area contributed by atoms with Gasteiger partial charge < -0.3 is 4.90 Å². The number of hydrogen-bond donors (Lipinski definition) is 0. The third-order valence-corrected chi connectivity index (χ3v) is 5.59. The van der Waals surface area contributed by atoms with E-state index >= 15 is 0 Å². The third kappa shape index (κ3) is 3.23. The van der Waals surface area contributed by atoms with Crippen LogP contribution in [0.4, 0.5) is 0 Å².